The van der Waals surface area contributed by atoms with Crippen LogP contribution in [0.4, 0.5) is 5.69 Å². The molecule has 0 saturated carbocycles. The number of amides is 1. The summed E-state index contributed by atoms with van der Waals surface area (Å²) in [6, 6.07) is 7.68. The summed E-state index contributed by atoms with van der Waals surface area (Å²) in [5.41, 5.74) is 2.89. The Balaban J connectivity index is 1.69. The summed E-state index contributed by atoms with van der Waals surface area (Å²) >= 11 is 0. The molecule has 1 amide bonds. The molecule has 0 saturated heterocycles. The van der Waals surface area contributed by atoms with Crippen LogP contribution in [0.25, 0.3) is 0 Å². The predicted octanol–water partition coefficient (Wildman–Crippen LogP) is 3.38. The van der Waals surface area contributed by atoms with Gasteiger partial charge in [0.2, 0.25) is 5.91 Å². The van der Waals surface area contributed by atoms with Crippen LogP contribution in [0.2, 0.25) is 0 Å². The molecule has 24 heavy (non-hydrogen) atoms. The maximum Gasteiger partial charge on any atom is 0.224 e. The molecule has 2 heterocycles. The number of aromatic nitrogens is 1. The zero-order valence-electron chi connectivity index (χ0n) is 14.0. The minimum absolute atomic E-state index is 0.0428. The van der Waals surface area contributed by atoms with Crippen molar-refractivity contribution in [2.75, 3.05) is 11.9 Å². The Hall–Kier alpha value is -2.56. The number of hydrogen-bond donors (Lipinski definition) is 1. The lowest BCUT2D eigenvalue weighted by Crippen LogP contribution is -2.13. The first-order valence-electron chi connectivity index (χ1n) is 8.31. The normalized spacial score (nSPS) is 15.5. The maximum absolute atomic E-state index is 12.3. The van der Waals surface area contributed by atoms with E-state index in [1.807, 2.05) is 38.1 Å². The number of rotatable bonds is 6. The number of hydrogen-bond acceptors (Lipinski definition) is 4. The van der Waals surface area contributed by atoms with Crippen molar-refractivity contribution < 1.29 is 14.3 Å². The Labute approximate surface area is 142 Å². The van der Waals surface area contributed by atoms with E-state index in [4.69, 9.17) is 9.47 Å². The van der Waals surface area contributed by atoms with Gasteiger partial charge in [0.25, 0.3) is 0 Å². The van der Waals surface area contributed by atoms with Gasteiger partial charge >= 0.3 is 0 Å². The Kier molecular flexibility index (Phi) is 4.99. The van der Waals surface area contributed by atoms with Crippen LogP contribution < -0.4 is 14.8 Å². The number of fused-ring (bicyclic) bond motifs is 1. The molecule has 0 bridgehead atoms. The summed E-state index contributed by atoms with van der Waals surface area (Å²) in [6.45, 7) is 4.52. The molecule has 126 valence electrons. The quantitative estimate of drug-likeness (QED) is 0.884. The van der Waals surface area contributed by atoms with Crippen molar-refractivity contribution >= 4 is 11.6 Å². The summed E-state index contributed by atoms with van der Waals surface area (Å²) in [7, 11) is 0. The molecule has 1 aromatic carbocycles. The van der Waals surface area contributed by atoms with E-state index in [2.05, 4.69) is 10.3 Å². The number of pyridine rings is 1. The fourth-order valence-electron chi connectivity index (χ4n) is 2.83. The Morgan fingerprint density at radius 1 is 1.38 bits per heavy atom. The SMILES string of the molecule is CCOc1cc2c(cc1NC(=O)CCc1ccncc1)OC(C)C2. The van der Waals surface area contributed by atoms with Gasteiger partial charge in [0.1, 0.15) is 17.6 Å². The smallest absolute Gasteiger partial charge is 0.224 e. The molecule has 1 atom stereocenters. The van der Waals surface area contributed by atoms with Crippen LogP contribution in [-0.4, -0.2) is 23.6 Å². The monoisotopic (exact) mass is 326 g/mol. The Morgan fingerprint density at radius 3 is 2.92 bits per heavy atom. The van der Waals surface area contributed by atoms with Crippen molar-refractivity contribution in [1.29, 1.82) is 0 Å². The molecule has 1 aliphatic rings. The molecule has 3 rings (SSSR count). The molecular weight excluding hydrogens is 304 g/mol. The summed E-state index contributed by atoms with van der Waals surface area (Å²) in [4.78, 5) is 16.3. The van der Waals surface area contributed by atoms with E-state index >= 15 is 0 Å². The van der Waals surface area contributed by atoms with Crippen molar-refractivity contribution in [3.8, 4) is 11.5 Å². The number of carbonyl (C=O) groups excluding carboxylic acids is 1. The largest absolute Gasteiger partial charge is 0.492 e. The molecule has 0 aliphatic carbocycles. The van der Waals surface area contributed by atoms with E-state index in [9.17, 15) is 4.79 Å². The molecule has 0 fully saturated rings. The first-order chi connectivity index (χ1) is 11.7. The van der Waals surface area contributed by atoms with Gasteiger partial charge in [0, 0.05) is 36.9 Å². The first-order valence-corrected chi connectivity index (χ1v) is 8.31. The summed E-state index contributed by atoms with van der Waals surface area (Å²) < 4.78 is 11.5. The lowest BCUT2D eigenvalue weighted by molar-refractivity contribution is -0.116. The number of benzene rings is 1. The third kappa shape index (κ3) is 3.85. The van der Waals surface area contributed by atoms with E-state index < -0.39 is 0 Å². The fraction of sp³-hybridized carbons (Fsp3) is 0.368. The minimum Gasteiger partial charge on any atom is -0.492 e. The van der Waals surface area contributed by atoms with Crippen LogP contribution >= 0.6 is 0 Å². The van der Waals surface area contributed by atoms with Gasteiger partial charge in [-0.2, -0.15) is 0 Å². The van der Waals surface area contributed by atoms with Gasteiger partial charge in [0.05, 0.1) is 12.3 Å². The van der Waals surface area contributed by atoms with E-state index in [0.717, 1.165) is 23.3 Å². The van der Waals surface area contributed by atoms with Crippen LogP contribution in [0, 0.1) is 0 Å². The van der Waals surface area contributed by atoms with Gasteiger partial charge in [-0.3, -0.25) is 9.78 Å². The zero-order valence-corrected chi connectivity index (χ0v) is 14.0. The zero-order chi connectivity index (χ0) is 16.9. The molecule has 0 radical (unpaired) electrons. The number of anilines is 1. The van der Waals surface area contributed by atoms with Gasteiger partial charge in [-0.25, -0.2) is 0 Å². The molecule has 2 aromatic rings. The average molecular weight is 326 g/mol. The van der Waals surface area contributed by atoms with E-state index in [1.54, 1.807) is 12.4 Å². The highest BCUT2D eigenvalue weighted by Gasteiger charge is 2.22. The van der Waals surface area contributed by atoms with E-state index in [-0.39, 0.29) is 12.0 Å². The van der Waals surface area contributed by atoms with Crippen LogP contribution in [0.15, 0.2) is 36.7 Å². The fourth-order valence-corrected chi connectivity index (χ4v) is 2.83. The van der Waals surface area contributed by atoms with Gasteiger partial charge in [-0.05, 0) is 44.0 Å². The molecular formula is C19H22N2O3. The van der Waals surface area contributed by atoms with Crippen LogP contribution in [0.5, 0.6) is 11.5 Å². The number of carbonyl (C=O) groups is 1. The number of aryl methyl sites for hydroxylation is 1. The highest BCUT2D eigenvalue weighted by molar-refractivity contribution is 5.92. The second-order valence-corrected chi connectivity index (χ2v) is 5.93. The van der Waals surface area contributed by atoms with Crippen molar-refractivity contribution in [3.63, 3.8) is 0 Å². The lowest BCUT2D eigenvalue weighted by Gasteiger charge is -2.13. The standard InChI is InChI=1S/C19H22N2O3/c1-3-23-18-11-15-10-13(2)24-17(15)12-16(18)21-19(22)5-4-14-6-8-20-9-7-14/h6-9,11-13H,3-5,10H2,1-2H3,(H,21,22). The van der Waals surface area contributed by atoms with Crippen LogP contribution in [0.3, 0.4) is 0 Å². The van der Waals surface area contributed by atoms with Gasteiger partial charge in [-0.15, -0.1) is 0 Å². The number of nitrogens with one attached hydrogen (secondary N) is 1. The molecule has 1 unspecified atom stereocenters. The topological polar surface area (TPSA) is 60.5 Å². The average Bonchev–Trinajstić information content (AvgIpc) is 2.93. The Bertz CT molecular complexity index is 716. The van der Waals surface area contributed by atoms with Crippen molar-refractivity contribution in [1.82, 2.24) is 4.98 Å². The predicted molar refractivity (Wildman–Crippen MR) is 92.6 cm³/mol. The second-order valence-electron chi connectivity index (χ2n) is 5.93. The molecule has 5 nitrogen and oxygen atoms in total. The lowest BCUT2D eigenvalue weighted by atomic mass is 10.1. The van der Waals surface area contributed by atoms with E-state index in [1.165, 1.54) is 0 Å². The second kappa shape index (κ2) is 7.34. The third-order valence-electron chi connectivity index (χ3n) is 3.96. The van der Waals surface area contributed by atoms with Gasteiger partial charge in [-0.1, -0.05) is 0 Å². The van der Waals surface area contributed by atoms with Gasteiger partial charge < -0.3 is 14.8 Å². The van der Waals surface area contributed by atoms with Crippen molar-refractivity contribution in [2.45, 2.75) is 39.2 Å². The molecule has 0 spiro atoms. The van der Waals surface area contributed by atoms with Crippen LogP contribution in [-0.2, 0) is 17.6 Å². The molecule has 1 aromatic heterocycles. The third-order valence-corrected chi connectivity index (χ3v) is 3.96. The van der Waals surface area contributed by atoms with Crippen molar-refractivity contribution in [2.24, 2.45) is 0 Å². The molecule has 5 heteroatoms. The summed E-state index contributed by atoms with van der Waals surface area (Å²) in [5.74, 6) is 1.49. The molecule has 1 N–H and O–H groups in total. The van der Waals surface area contributed by atoms with Crippen molar-refractivity contribution in [3.05, 3.63) is 47.8 Å². The van der Waals surface area contributed by atoms with Gasteiger partial charge in [0.15, 0.2) is 0 Å². The maximum atomic E-state index is 12.3. The van der Waals surface area contributed by atoms with E-state index in [0.29, 0.717) is 30.9 Å². The minimum atomic E-state index is -0.0428. The molecule has 1 aliphatic heterocycles. The first kappa shape index (κ1) is 16.3. The number of nitrogens with zero attached hydrogens (tertiary/aromatic N) is 1. The highest BCUT2D eigenvalue weighted by Crippen LogP contribution is 2.38. The highest BCUT2D eigenvalue weighted by atomic mass is 16.5. The Morgan fingerprint density at radius 2 is 2.17 bits per heavy atom. The number of ether oxygens (including phenoxy) is 2. The summed E-state index contributed by atoms with van der Waals surface area (Å²) in [5, 5.41) is 2.95. The summed E-state index contributed by atoms with van der Waals surface area (Å²) in [6.07, 6.45) is 5.58. The van der Waals surface area contributed by atoms with Crippen LogP contribution in [0.1, 0.15) is 31.4 Å².